The SMILES string of the molecule is OC1CCCCC1CNc1ccncc1. The lowest BCUT2D eigenvalue weighted by Crippen LogP contribution is -2.30. The second kappa shape index (κ2) is 5.12. The number of rotatable bonds is 3. The first-order valence-corrected chi connectivity index (χ1v) is 5.68. The molecule has 1 fully saturated rings. The van der Waals surface area contributed by atoms with E-state index in [0.29, 0.717) is 5.92 Å². The van der Waals surface area contributed by atoms with Crippen molar-refractivity contribution in [2.24, 2.45) is 5.92 Å². The topological polar surface area (TPSA) is 45.1 Å². The maximum atomic E-state index is 9.79. The molecule has 1 aliphatic rings. The van der Waals surface area contributed by atoms with Crippen LogP contribution in [0.5, 0.6) is 0 Å². The molecule has 0 saturated heterocycles. The number of pyridine rings is 1. The summed E-state index contributed by atoms with van der Waals surface area (Å²) in [5, 5.41) is 13.1. The first-order valence-electron chi connectivity index (χ1n) is 5.68. The molecule has 1 aromatic rings. The van der Waals surface area contributed by atoms with Gasteiger partial charge in [-0.2, -0.15) is 0 Å². The Morgan fingerprint density at radius 2 is 2.00 bits per heavy atom. The molecular formula is C12H18N2O. The van der Waals surface area contributed by atoms with Gasteiger partial charge in [0, 0.05) is 30.5 Å². The highest BCUT2D eigenvalue weighted by atomic mass is 16.3. The van der Waals surface area contributed by atoms with Crippen LogP contribution in [-0.2, 0) is 0 Å². The molecule has 0 radical (unpaired) electrons. The molecule has 1 aromatic heterocycles. The lowest BCUT2D eigenvalue weighted by Gasteiger charge is -2.27. The van der Waals surface area contributed by atoms with Crippen molar-refractivity contribution in [3.8, 4) is 0 Å². The van der Waals surface area contributed by atoms with E-state index in [1.165, 1.54) is 12.8 Å². The second-order valence-electron chi connectivity index (χ2n) is 4.23. The van der Waals surface area contributed by atoms with Gasteiger partial charge in [0.2, 0.25) is 0 Å². The van der Waals surface area contributed by atoms with Crippen molar-refractivity contribution < 1.29 is 5.11 Å². The van der Waals surface area contributed by atoms with Gasteiger partial charge in [0.25, 0.3) is 0 Å². The number of anilines is 1. The molecule has 2 N–H and O–H groups in total. The van der Waals surface area contributed by atoms with E-state index < -0.39 is 0 Å². The van der Waals surface area contributed by atoms with Crippen LogP contribution in [0, 0.1) is 5.92 Å². The summed E-state index contributed by atoms with van der Waals surface area (Å²) in [6.07, 6.45) is 7.96. The Balaban J connectivity index is 1.82. The lowest BCUT2D eigenvalue weighted by molar-refractivity contribution is 0.0763. The molecule has 2 rings (SSSR count). The third-order valence-electron chi connectivity index (χ3n) is 3.12. The van der Waals surface area contributed by atoms with Crippen LogP contribution in [0.15, 0.2) is 24.5 Å². The van der Waals surface area contributed by atoms with Crippen LogP contribution in [0.4, 0.5) is 5.69 Å². The van der Waals surface area contributed by atoms with Gasteiger partial charge in [-0.05, 0) is 25.0 Å². The highest BCUT2D eigenvalue weighted by molar-refractivity contribution is 5.40. The Kier molecular flexibility index (Phi) is 3.56. The molecule has 0 bridgehead atoms. The molecule has 2 atom stereocenters. The Morgan fingerprint density at radius 3 is 2.73 bits per heavy atom. The van der Waals surface area contributed by atoms with Crippen molar-refractivity contribution in [3.05, 3.63) is 24.5 Å². The third-order valence-corrected chi connectivity index (χ3v) is 3.12. The van der Waals surface area contributed by atoms with Gasteiger partial charge in [0.15, 0.2) is 0 Å². The van der Waals surface area contributed by atoms with E-state index in [9.17, 15) is 5.11 Å². The van der Waals surface area contributed by atoms with E-state index in [1.54, 1.807) is 12.4 Å². The lowest BCUT2D eigenvalue weighted by atomic mass is 9.86. The van der Waals surface area contributed by atoms with E-state index in [4.69, 9.17) is 0 Å². The van der Waals surface area contributed by atoms with Crippen LogP contribution >= 0.6 is 0 Å². The van der Waals surface area contributed by atoms with Crippen molar-refractivity contribution in [2.45, 2.75) is 31.8 Å². The maximum Gasteiger partial charge on any atom is 0.0585 e. The predicted molar refractivity (Wildman–Crippen MR) is 60.7 cm³/mol. The minimum Gasteiger partial charge on any atom is -0.393 e. The van der Waals surface area contributed by atoms with Gasteiger partial charge in [0.05, 0.1) is 6.10 Å². The summed E-state index contributed by atoms with van der Waals surface area (Å²) in [4.78, 5) is 3.97. The van der Waals surface area contributed by atoms with Crippen molar-refractivity contribution in [3.63, 3.8) is 0 Å². The normalized spacial score (nSPS) is 26.2. The zero-order chi connectivity index (χ0) is 10.5. The number of nitrogens with one attached hydrogen (secondary N) is 1. The van der Waals surface area contributed by atoms with Crippen LogP contribution in [-0.4, -0.2) is 22.7 Å². The van der Waals surface area contributed by atoms with E-state index in [1.807, 2.05) is 12.1 Å². The smallest absolute Gasteiger partial charge is 0.0585 e. The van der Waals surface area contributed by atoms with Gasteiger partial charge in [-0.3, -0.25) is 4.98 Å². The minimum absolute atomic E-state index is 0.118. The number of aromatic nitrogens is 1. The largest absolute Gasteiger partial charge is 0.393 e. The molecule has 3 nitrogen and oxygen atoms in total. The van der Waals surface area contributed by atoms with Crippen molar-refractivity contribution in [1.82, 2.24) is 4.98 Å². The zero-order valence-corrected chi connectivity index (χ0v) is 8.89. The van der Waals surface area contributed by atoms with Crippen LogP contribution in [0.3, 0.4) is 0 Å². The summed E-state index contributed by atoms with van der Waals surface area (Å²) in [7, 11) is 0. The quantitative estimate of drug-likeness (QED) is 0.795. The summed E-state index contributed by atoms with van der Waals surface area (Å²) in [5.74, 6) is 0.409. The van der Waals surface area contributed by atoms with Crippen molar-refractivity contribution >= 4 is 5.69 Å². The molecule has 0 aromatic carbocycles. The number of nitrogens with zero attached hydrogens (tertiary/aromatic N) is 1. The maximum absolute atomic E-state index is 9.79. The monoisotopic (exact) mass is 206 g/mol. The van der Waals surface area contributed by atoms with Crippen LogP contribution < -0.4 is 5.32 Å². The first-order chi connectivity index (χ1) is 7.36. The summed E-state index contributed by atoms with van der Waals surface area (Å²) in [6.45, 7) is 0.866. The average Bonchev–Trinajstić information content (AvgIpc) is 2.29. The molecular weight excluding hydrogens is 188 g/mol. The zero-order valence-electron chi connectivity index (χ0n) is 8.89. The van der Waals surface area contributed by atoms with Crippen molar-refractivity contribution in [1.29, 1.82) is 0 Å². The van der Waals surface area contributed by atoms with Crippen LogP contribution in [0.25, 0.3) is 0 Å². The van der Waals surface area contributed by atoms with Crippen molar-refractivity contribution in [2.75, 3.05) is 11.9 Å². The van der Waals surface area contributed by atoms with Gasteiger partial charge in [-0.15, -0.1) is 0 Å². The fourth-order valence-corrected chi connectivity index (χ4v) is 2.14. The van der Waals surface area contributed by atoms with Gasteiger partial charge >= 0.3 is 0 Å². The average molecular weight is 206 g/mol. The fraction of sp³-hybridized carbons (Fsp3) is 0.583. The van der Waals surface area contributed by atoms with Gasteiger partial charge in [0.1, 0.15) is 0 Å². The molecule has 2 unspecified atom stereocenters. The third kappa shape index (κ3) is 2.93. The Bertz CT molecular complexity index is 289. The minimum atomic E-state index is -0.118. The first kappa shape index (κ1) is 10.4. The number of hydrogen-bond donors (Lipinski definition) is 2. The summed E-state index contributed by atoms with van der Waals surface area (Å²) >= 11 is 0. The van der Waals surface area contributed by atoms with E-state index in [2.05, 4.69) is 10.3 Å². The molecule has 1 saturated carbocycles. The predicted octanol–water partition coefficient (Wildman–Crippen LogP) is 2.04. The van der Waals surface area contributed by atoms with Gasteiger partial charge < -0.3 is 10.4 Å². The van der Waals surface area contributed by atoms with E-state index in [0.717, 1.165) is 25.1 Å². The highest BCUT2D eigenvalue weighted by Crippen LogP contribution is 2.24. The molecule has 0 aliphatic heterocycles. The second-order valence-corrected chi connectivity index (χ2v) is 4.23. The summed E-state index contributed by atoms with van der Waals surface area (Å²) in [5.41, 5.74) is 1.09. The summed E-state index contributed by atoms with van der Waals surface area (Å²) < 4.78 is 0. The number of aliphatic hydroxyl groups excluding tert-OH is 1. The summed E-state index contributed by atoms with van der Waals surface area (Å²) in [6, 6.07) is 3.91. The molecule has 0 amide bonds. The molecule has 1 aliphatic carbocycles. The Labute approximate surface area is 90.5 Å². The Hall–Kier alpha value is -1.09. The van der Waals surface area contributed by atoms with Crippen LogP contribution in [0.1, 0.15) is 25.7 Å². The van der Waals surface area contributed by atoms with E-state index >= 15 is 0 Å². The fourth-order valence-electron chi connectivity index (χ4n) is 2.14. The van der Waals surface area contributed by atoms with Gasteiger partial charge in [-0.25, -0.2) is 0 Å². The number of aliphatic hydroxyl groups is 1. The molecule has 3 heteroatoms. The number of hydrogen-bond acceptors (Lipinski definition) is 3. The molecule has 82 valence electrons. The van der Waals surface area contributed by atoms with E-state index in [-0.39, 0.29) is 6.10 Å². The van der Waals surface area contributed by atoms with Gasteiger partial charge in [-0.1, -0.05) is 12.8 Å². The molecule has 0 spiro atoms. The standard InChI is InChI=1S/C12H18N2O/c15-12-4-2-1-3-10(12)9-14-11-5-7-13-8-6-11/h5-8,10,12,15H,1-4,9H2,(H,13,14). The molecule has 1 heterocycles. The molecule has 15 heavy (non-hydrogen) atoms. The van der Waals surface area contributed by atoms with Crippen LogP contribution in [0.2, 0.25) is 0 Å². The highest BCUT2D eigenvalue weighted by Gasteiger charge is 2.22. The Morgan fingerprint density at radius 1 is 1.27 bits per heavy atom.